The van der Waals surface area contributed by atoms with Gasteiger partial charge in [0, 0.05) is 17.8 Å². The molecule has 0 saturated carbocycles. The van der Waals surface area contributed by atoms with Gasteiger partial charge in [-0.3, -0.25) is 19.5 Å². The molecule has 0 bridgehead atoms. The number of nitrogens with zero attached hydrogens (tertiary/aromatic N) is 3. The zero-order chi connectivity index (χ0) is 28.1. The predicted molar refractivity (Wildman–Crippen MR) is 147 cm³/mol. The number of halogens is 1. The Morgan fingerprint density at radius 3 is 2.60 bits per heavy atom. The van der Waals surface area contributed by atoms with Gasteiger partial charge in [0.25, 0.3) is 11.6 Å². The van der Waals surface area contributed by atoms with Gasteiger partial charge in [-0.25, -0.2) is 4.98 Å². The number of aromatic nitrogens is 2. The summed E-state index contributed by atoms with van der Waals surface area (Å²) >= 11 is 6.25. The van der Waals surface area contributed by atoms with Gasteiger partial charge in [-0.05, 0) is 25.1 Å². The van der Waals surface area contributed by atoms with Crippen molar-refractivity contribution in [3.05, 3.63) is 80.5 Å². The van der Waals surface area contributed by atoms with Gasteiger partial charge in [0.15, 0.2) is 11.5 Å². The van der Waals surface area contributed by atoms with E-state index >= 15 is 0 Å². The summed E-state index contributed by atoms with van der Waals surface area (Å²) in [5.74, 6) is 1.12. The van der Waals surface area contributed by atoms with E-state index in [-0.39, 0.29) is 29.4 Å². The van der Waals surface area contributed by atoms with Crippen molar-refractivity contribution in [2.24, 2.45) is 0 Å². The number of ether oxygens (including phenoxy) is 4. The highest BCUT2D eigenvalue weighted by atomic mass is 35.5. The number of fused-ring (bicyclic) bond motifs is 4. The van der Waals surface area contributed by atoms with Crippen LogP contribution >= 0.6 is 11.6 Å². The first kappa shape index (κ1) is 25.3. The summed E-state index contributed by atoms with van der Waals surface area (Å²) < 4.78 is 23.5. The third-order valence-electron chi connectivity index (χ3n) is 6.81. The summed E-state index contributed by atoms with van der Waals surface area (Å²) in [5.41, 5.74) is 2.29. The lowest BCUT2D eigenvalue weighted by molar-refractivity contribution is -0.385. The van der Waals surface area contributed by atoms with E-state index in [2.05, 4.69) is 15.6 Å². The second-order valence-corrected chi connectivity index (χ2v) is 9.43. The highest BCUT2D eigenvalue weighted by Gasteiger charge is 2.39. The van der Waals surface area contributed by atoms with Gasteiger partial charge in [-0.2, -0.15) is 0 Å². The van der Waals surface area contributed by atoms with Gasteiger partial charge in [-0.1, -0.05) is 23.7 Å². The third-order valence-corrected chi connectivity index (χ3v) is 7.11. The lowest BCUT2D eigenvalue weighted by Gasteiger charge is -2.30. The lowest BCUT2D eigenvalue weighted by Crippen LogP contribution is -2.31. The van der Waals surface area contributed by atoms with Crippen molar-refractivity contribution in [1.82, 2.24) is 9.55 Å². The first-order valence-electron chi connectivity index (χ1n) is 12.1. The number of para-hydroxylation sites is 2. The summed E-state index contributed by atoms with van der Waals surface area (Å²) in [5, 5.41) is 18.7. The Hall–Kier alpha value is -4.97. The zero-order valence-corrected chi connectivity index (χ0v) is 22.2. The summed E-state index contributed by atoms with van der Waals surface area (Å²) in [6.07, 6.45) is 0. The molecule has 2 aliphatic heterocycles. The maximum absolute atomic E-state index is 14.1. The molecular formula is C27H22ClN5O7. The normalized spacial score (nSPS) is 15.4. The van der Waals surface area contributed by atoms with E-state index in [0.717, 1.165) is 0 Å². The number of hydrogen-bond donors (Lipinski definition) is 2. The molecule has 0 fully saturated rings. The Labute approximate surface area is 232 Å². The van der Waals surface area contributed by atoms with Crippen LogP contribution in [0.2, 0.25) is 5.02 Å². The molecule has 2 aliphatic rings. The molecule has 0 aliphatic carbocycles. The van der Waals surface area contributed by atoms with Crippen LogP contribution in [0.4, 0.5) is 17.3 Å². The minimum Gasteiger partial charge on any atom is -0.495 e. The van der Waals surface area contributed by atoms with Crippen LogP contribution in [0.15, 0.2) is 59.8 Å². The molecule has 2 N–H and O–H groups in total. The van der Waals surface area contributed by atoms with Gasteiger partial charge in [0.05, 0.1) is 58.1 Å². The average molecular weight is 564 g/mol. The van der Waals surface area contributed by atoms with E-state index in [1.54, 1.807) is 23.6 Å². The molecule has 1 amide bonds. The van der Waals surface area contributed by atoms with Crippen LogP contribution in [0.5, 0.6) is 23.0 Å². The monoisotopic (exact) mass is 563 g/mol. The van der Waals surface area contributed by atoms with Gasteiger partial charge in [-0.15, -0.1) is 0 Å². The Kier molecular flexibility index (Phi) is 6.11. The van der Waals surface area contributed by atoms with Crippen LogP contribution in [0.3, 0.4) is 0 Å². The van der Waals surface area contributed by atoms with E-state index in [0.29, 0.717) is 50.6 Å². The van der Waals surface area contributed by atoms with Crippen molar-refractivity contribution >= 4 is 45.9 Å². The van der Waals surface area contributed by atoms with Crippen LogP contribution in [0.25, 0.3) is 11.0 Å². The van der Waals surface area contributed by atoms with Crippen LogP contribution < -0.4 is 29.6 Å². The smallest absolute Gasteiger partial charge is 0.279 e. The number of nitro benzene ring substituents is 1. The number of carbonyl (C=O) groups is 1. The number of amides is 1. The SMILES string of the molecule is COc1cc(NC(=O)C2=C(C)Nc3nc4ccccc4n3C2c2cc3c(cc2[N+](=O)[O-])OCO3)c(OC)cc1Cl. The molecule has 1 atom stereocenters. The van der Waals surface area contributed by atoms with Gasteiger partial charge >= 0.3 is 0 Å². The molecule has 0 spiro atoms. The van der Waals surface area contributed by atoms with Crippen LogP contribution in [-0.4, -0.2) is 41.4 Å². The third kappa shape index (κ3) is 4.00. The number of benzene rings is 3. The number of carbonyl (C=O) groups excluding carboxylic acids is 1. The lowest BCUT2D eigenvalue weighted by atomic mass is 9.92. The molecule has 1 aromatic heterocycles. The molecule has 0 saturated heterocycles. The minimum absolute atomic E-state index is 0.0676. The highest BCUT2D eigenvalue weighted by molar-refractivity contribution is 6.32. The maximum atomic E-state index is 14.1. The first-order chi connectivity index (χ1) is 19.3. The number of nitrogens with one attached hydrogen (secondary N) is 2. The van der Waals surface area contributed by atoms with E-state index in [1.807, 2.05) is 24.3 Å². The van der Waals surface area contributed by atoms with Crippen molar-refractivity contribution in [2.75, 3.05) is 31.6 Å². The molecule has 1 unspecified atom stereocenters. The van der Waals surface area contributed by atoms with Crippen LogP contribution in [-0.2, 0) is 4.79 Å². The number of allylic oxidation sites excluding steroid dienone is 1. The Morgan fingerprint density at radius 1 is 1.15 bits per heavy atom. The summed E-state index contributed by atoms with van der Waals surface area (Å²) in [6, 6.07) is 12.3. The van der Waals surface area contributed by atoms with Gasteiger partial charge < -0.3 is 29.6 Å². The first-order valence-corrected chi connectivity index (χ1v) is 12.4. The van der Waals surface area contributed by atoms with Crippen molar-refractivity contribution in [3.63, 3.8) is 0 Å². The quantitative estimate of drug-likeness (QED) is 0.237. The van der Waals surface area contributed by atoms with Crippen molar-refractivity contribution in [3.8, 4) is 23.0 Å². The topological polar surface area (TPSA) is 139 Å². The fourth-order valence-corrected chi connectivity index (χ4v) is 5.25. The summed E-state index contributed by atoms with van der Waals surface area (Å²) in [6.45, 7) is 1.64. The Morgan fingerprint density at radius 2 is 1.88 bits per heavy atom. The summed E-state index contributed by atoms with van der Waals surface area (Å²) in [7, 11) is 2.90. The van der Waals surface area contributed by atoms with E-state index < -0.39 is 16.9 Å². The Balaban J connectivity index is 1.56. The van der Waals surface area contributed by atoms with E-state index in [1.165, 1.54) is 26.4 Å². The Bertz CT molecular complexity index is 1750. The summed E-state index contributed by atoms with van der Waals surface area (Å²) in [4.78, 5) is 30.6. The molecule has 204 valence electrons. The van der Waals surface area contributed by atoms with Crippen LogP contribution in [0, 0.1) is 10.1 Å². The number of rotatable bonds is 6. The standard InChI is InChI=1S/C27H22ClN5O7/c1-13-24(26(34)30-17-10-20(37-2)15(28)9-21(17)38-3)25(32-18-7-5-4-6-16(18)31-27(32)29-13)14-8-22-23(40-12-39-22)11-19(14)33(35)36/h4-11,25H,12H2,1-3H3,(H,29,31)(H,30,34). The number of nitro groups is 1. The second kappa shape index (κ2) is 9.65. The molecular weight excluding hydrogens is 542 g/mol. The molecule has 3 heterocycles. The predicted octanol–water partition coefficient (Wildman–Crippen LogP) is 5.27. The number of methoxy groups -OCH3 is 2. The molecule has 0 radical (unpaired) electrons. The highest BCUT2D eigenvalue weighted by Crippen LogP contribution is 2.47. The van der Waals surface area contributed by atoms with E-state index in [9.17, 15) is 14.9 Å². The van der Waals surface area contributed by atoms with Crippen molar-refractivity contribution in [1.29, 1.82) is 0 Å². The fraction of sp³-hybridized carbons (Fsp3) is 0.185. The van der Waals surface area contributed by atoms with Crippen molar-refractivity contribution in [2.45, 2.75) is 13.0 Å². The minimum atomic E-state index is -0.959. The molecule has 12 nitrogen and oxygen atoms in total. The zero-order valence-electron chi connectivity index (χ0n) is 21.5. The largest absolute Gasteiger partial charge is 0.495 e. The number of imidazole rings is 1. The fourth-order valence-electron chi connectivity index (χ4n) is 5.02. The maximum Gasteiger partial charge on any atom is 0.279 e. The number of anilines is 2. The molecule has 4 aromatic rings. The van der Waals surface area contributed by atoms with E-state index in [4.69, 9.17) is 30.5 Å². The van der Waals surface area contributed by atoms with Crippen molar-refractivity contribution < 1.29 is 28.7 Å². The molecule has 3 aromatic carbocycles. The second-order valence-electron chi connectivity index (χ2n) is 9.02. The average Bonchev–Trinajstić information content (AvgIpc) is 3.55. The van der Waals surface area contributed by atoms with Gasteiger partial charge in [0.2, 0.25) is 12.7 Å². The van der Waals surface area contributed by atoms with Gasteiger partial charge in [0.1, 0.15) is 17.5 Å². The molecule has 6 rings (SSSR count). The van der Waals surface area contributed by atoms with Crippen LogP contribution in [0.1, 0.15) is 18.5 Å². The molecule has 13 heteroatoms. The molecule has 40 heavy (non-hydrogen) atoms. The number of hydrogen-bond acceptors (Lipinski definition) is 9.